The first kappa shape index (κ1) is 13.4. The van der Waals surface area contributed by atoms with Crippen LogP contribution in [0.3, 0.4) is 0 Å². The molecule has 1 amide bonds. The number of hydrogen-bond donors (Lipinski definition) is 1. The maximum absolute atomic E-state index is 11.9. The maximum Gasteiger partial charge on any atom is 0.232 e. The van der Waals surface area contributed by atoms with Gasteiger partial charge in [-0.2, -0.15) is 0 Å². The first-order chi connectivity index (χ1) is 8.68. The normalized spacial score (nSPS) is 16.9. The van der Waals surface area contributed by atoms with Crippen LogP contribution in [0.25, 0.3) is 0 Å². The minimum Gasteiger partial charge on any atom is -0.342 e. The molecule has 2 rings (SSSR count). The number of rotatable bonds is 4. The molecule has 1 aromatic rings. The van der Waals surface area contributed by atoms with Crippen molar-refractivity contribution in [1.29, 1.82) is 0 Å². The van der Waals surface area contributed by atoms with E-state index in [0.29, 0.717) is 5.75 Å². The summed E-state index contributed by atoms with van der Waals surface area (Å²) in [6.45, 7) is 3.74. The summed E-state index contributed by atoms with van der Waals surface area (Å²) in [6, 6.07) is 3.80. The third-order valence-electron chi connectivity index (χ3n) is 3.08. The fraction of sp³-hybridized carbons (Fsp3) is 0.538. The second kappa shape index (κ2) is 6.20. The number of aromatic nitrogens is 1. The molecule has 0 aromatic carbocycles. The summed E-state index contributed by atoms with van der Waals surface area (Å²) in [5, 5.41) is 0.875. The molecule has 0 radical (unpaired) electrons. The highest BCUT2D eigenvalue weighted by molar-refractivity contribution is 7.99. The van der Waals surface area contributed by atoms with Crippen molar-refractivity contribution in [1.82, 2.24) is 9.88 Å². The third kappa shape index (κ3) is 3.23. The summed E-state index contributed by atoms with van der Waals surface area (Å²) in [5.41, 5.74) is 6.91. The Kier molecular flexibility index (Phi) is 4.60. The first-order valence-electron chi connectivity index (χ1n) is 6.29. The highest BCUT2D eigenvalue weighted by atomic mass is 32.2. The largest absolute Gasteiger partial charge is 0.342 e. The number of amides is 1. The Morgan fingerprint density at radius 3 is 2.94 bits per heavy atom. The summed E-state index contributed by atoms with van der Waals surface area (Å²) >= 11 is 1.49. The molecule has 2 N–H and O–H groups in total. The molecular weight excluding hydrogens is 246 g/mol. The van der Waals surface area contributed by atoms with Gasteiger partial charge in [0, 0.05) is 30.9 Å². The van der Waals surface area contributed by atoms with Gasteiger partial charge in [0.15, 0.2) is 0 Å². The average Bonchev–Trinajstić information content (AvgIpc) is 2.90. The summed E-state index contributed by atoms with van der Waals surface area (Å²) in [7, 11) is 0. The van der Waals surface area contributed by atoms with E-state index in [0.717, 1.165) is 36.5 Å². The number of hydrogen-bond acceptors (Lipinski definition) is 4. The van der Waals surface area contributed by atoms with Gasteiger partial charge < -0.3 is 10.6 Å². The van der Waals surface area contributed by atoms with Gasteiger partial charge in [0.1, 0.15) is 5.03 Å². The zero-order chi connectivity index (χ0) is 13.0. The molecule has 0 aliphatic carbocycles. The molecule has 1 aliphatic rings. The van der Waals surface area contributed by atoms with E-state index in [2.05, 4.69) is 4.98 Å². The number of nitrogens with zero attached hydrogens (tertiary/aromatic N) is 2. The van der Waals surface area contributed by atoms with Crippen LogP contribution in [0.4, 0.5) is 0 Å². The number of carbonyl (C=O) groups is 1. The minimum atomic E-state index is -0.0527. The lowest BCUT2D eigenvalue weighted by Gasteiger charge is -2.15. The molecule has 0 spiro atoms. The SMILES string of the molecule is C[C@@H](N)c1cccnc1SCC(=O)N1CCCC1. The molecule has 5 heteroatoms. The van der Waals surface area contributed by atoms with Crippen LogP contribution in [0.2, 0.25) is 0 Å². The van der Waals surface area contributed by atoms with Crippen LogP contribution in [0, 0.1) is 0 Å². The third-order valence-corrected chi connectivity index (χ3v) is 4.09. The quantitative estimate of drug-likeness (QED) is 0.844. The Balaban J connectivity index is 1.95. The maximum atomic E-state index is 11.9. The predicted octanol–water partition coefficient (Wildman–Crippen LogP) is 1.82. The van der Waals surface area contributed by atoms with E-state index in [4.69, 9.17) is 5.73 Å². The van der Waals surface area contributed by atoms with Crippen LogP contribution in [0.5, 0.6) is 0 Å². The van der Waals surface area contributed by atoms with Crippen LogP contribution < -0.4 is 5.73 Å². The van der Waals surface area contributed by atoms with E-state index in [1.807, 2.05) is 24.0 Å². The molecule has 2 heterocycles. The molecule has 1 aromatic heterocycles. The van der Waals surface area contributed by atoms with E-state index in [1.54, 1.807) is 6.20 Å². The van der Waals surface area contributed by atoms with Crippen LogP contribution in [-0.4, -0.2) is 34.6 Å². The minimum absolute atomic E-state index is 0.0527. The Hall–Kier alpha value is -1.07. The lowest BCUT2D eigenvalue weighted by Crippen LogP contribution is -2.29. The Labute approximate surface area is 112 Å². The Bertz CT molecular complexity index is 416. The van der Waals surface area contributed by atoms with Gasteiger partial charge in [0.25, 0.3) is 0 Å². The van der Waals surface area contributed by atoms with E-state index in [9.17, 15) is 4.79 Å². The van der Waals surface area contributed by atoms with Gasteiger partial charge in [-0.05, 0) is 25.8 Å². The van der Waals surface area contributed by atoms with Gasteiger partial charge in [-0.15, -0.1) is 0 Å². The Morgan fingerprint density at radius 2 is 2.28 bits per heavy atom. The summed E-state index contributed by atoms with van der Waals surface area (Å²) < 4.78 is 0. The number of thioether (sulfide) groups is 1. The zero-order valence-corrected chi connectivity index (χ0v) is 11.4. The second-order valence-corrected chi connectivity index (χ2v) is 5.53. The van der Waals surface area contributed by atoms with E-state index in [-0.39, 0.29) is 11.9 Å². The predicted molar refractivity (Wildman–Crippen MR) is 73.4 cm³/mol. The Morgan fingerprint density at radius 1 is 1.56 bits per heavy atom. The van der Waals surface area contributed by atoms with E-state index < -0.39 is 0 Å². The fourth-order valence-corrected chi connectivity index (χ4v) is 3.06. The molecule has 0 bridgehead atoms. The molecule has 0 unspecified atom stereocenters. The average molecular weight is 265 g/mol. The molecule has 1 aliphatic heterocycles. The van der Waals surface area contributed by atoms with Crippen molar-refractivity contribution in [3.05, 3.63) is 23.9 Å². The van der Waals surface area contributed by atoms with Gasteiger partial charge in [-0.3, -0.25) is 4.79 Å². The number of nitrogens with two attached hydrogens (primary N) is 1. The van der Waals surface area contributed by atoms with Gasteiger partial charge >= 0.3 is 0 Å². The van der Waals surface area contributed by atoms with Crippen molar-refractivity contribution >= 4 is 17.7 Å². The molecule has 1 atom stereocenters. The number of likely N-dealkylation sites (tertiary alicyclic amines) is 1. The number of pyridine rings is 1. The van der Waals surface area contributed by atoms with E-state index >= 15 is 0 Å². The summed E-state index contributed by atoms with van der Waals surface area (Å²) in [6.07, 6.45) is 4.00. The standard InChI is InChI=1S/C13H19N3OS/c1-10(14)11-5-4-6-15-13(11)18-9-12(17)16-7-2-3-8-16/h4-6,10H,2-3,7-9,14H2,1H3/t10-/m1/s1. The van der Waals surface area contributed by atoms with Gasteiger partial charge in [-0.25, -0.2) is 4.98 Å². The smallest absolute Gasteiger partial charge is 0.232 e. The topological polar surface area (TPSA) is 59.2 Å². The highest BCUT2D eigenvalue weighted by Gasteiger charge is 2.18. The van der Waals surface area contributed by atoms with Crippen molar-refractivity contribution in [2.45, 2.75) is 30.8 Å². The van der Waals surface area contributed by atoms with Crippen molar-refractivity contribution in [2.24, 2.45) is 5.73 Å². The lowest BCUT2D eigenvalue weighted by molar-refractivity contribution is -0.127. The van der Waals surface area contributed by atoms with Crippen LogP contribution in [-0.2, 0) is 4.79 Å². The molecule has 4 nitrogen and oxygen atoms in total. The van der Waals surface area contributed by atoms with Crippen molar-refractivity contribution in [3.8, 4) is 0 Å². The van der Waals surface area contributed by atoms with Crippen molar-refractivity contribution in [3.63, 3.8) is 0 Å². The van der Waals surface area contributed by atoms with Crippen LogP contribution >= 0.6 is 11.8 Å². The van der Waals surface area contributed by atoms with Gasteiger partial charge in [0.2, 0.25) is 5.91 Å². The van der Waals surface area contributed by atoms with Gasteiger partial charge in [-0.1, -0.05) is 17.8 Å². The molecule has 1 fully saturated rings. The fourth-order valence-electron chi connectivity index (χ4n) is 2.06. The molecule has 18 heavy (non-hydrogen) atoms. The molecule has 0 saturated carbocycles. The summed E-state index contributed by atoms with van der Waals surface area (Å²) in [5.74, 6) is 0.662. The zero-order valence-electron chi connectivity index (χ0n) is 10.6. The lowest BCUT2D eigenvalue weighted by atomic mass is 10.2. The summed E-state index contributed by atoms with van der Waals surface area (Å²) in [4.78, 5) is 18.2. The van der Waals surface area contributed by atoms with E-state index in [1.165, 1.54) is 11.8 Å². The molecular formula is C13H19N3OS. The second-order valence-electron chi connectivity index (χ2n) is 4.56. The van der Waals surface area contributed by atoms with Crippen molar-refractivity contribution in [2.75, 3.05) is 18.8 Å². The number of carbonyl (C=O) groups excluding carboxylic acids is 1. The highest BCUT2D eigenvalue weighted by Crippen LogP contribution is 2.24. The van der Waals surface area contributed by atoms with Crippen molar-refractivity contribution < 1.29 is 4.79 Å². The van der Waals surface area contributed by atoms with Gasteiger partial charge in [0.05, 0.1) is 5.75 Å². The first-order valence-corrected chi connectivity index (χ1v) is 7.28. The molecule has 98 valence electrons. The van der Waals surface area contributed by atoms with Crippen LogP contribution in [0.1, 0.15) is 31.4 Å². The monoisotopic (exact) mass is 265 g/mol. The molecule has 1 saturated heterocycles. The van der Waals surface area contributed by atoms with Crippen LogP contribution in [0.15, 0.2) is 23.4 Å².